The van der Waals surface area contributed by atoms with Crippen molar-refractivity contribution < 1.29 is 18.8 Å². The van der Waals surface area contributed by atoms with E-state index in [1.54, 1.807) is 26.8 Å². The van der Waals surface area contributed by atoms with E-state index in [1.807, 2.05) is 52.0 Å². The molecule has 0 atom stereocenters. The van der Waals surface area contributed by atoms with Gasteiger partial charge in [-0.3, -0.25) is 0 Å². The van der Waals surface area contributed by atoms with E-state index in [0.29, 0.717) is 11.0 Å². The summed E-state index contributed by atoms with van der Waals surface area (Å²) in [5, 5.41) is 12.1. The summed E-state index contributed by atoms with van der Waals surface area (Å²) < 4.78 is 17.6. The number of nitrogens with zero attached hydrogens (tertiary/aromatic N) is 1. The van der Waals surface area contributed by atoms with Crippen LogP contribution in [0.3, 0.4) is 0 Å². The lowest BCUT2D eigenvalue weighted by molar-refractivity contribution is 0.00578. The van der Waals surface area contributed by atoms with Crippen LogP contribution < -0.4 is 5.32 Å². The van der Waals surface area contributed by atoms with Gasteiger partial charge in [-0.05, 0) is 65.6 Å². The Kier molecular flexibility index (Phi) is 6.27. The van der Waals surface area contributed by atoms with E-state index in [9.17, 15) is 10.1 Å². The maximum absolute atomic E-state index is 12.1. The number of alkyl carbamates (subject to hydrolysis) is 1. The highest BCUT2D eigenvalue weighted by atomic mass is 16.7. The smallest absolute Gasteiger partial charge is 0.444 e. The minimum atomic E-state index is -0.647. The fraction of sp³-hybridized carbons (Fsp3) is 0.524. The zero-order valence-electron chi connectivity index (χ0n) is 17.8. The van der Waals surface area contributed by atoms with Crippen LogP contribution in [0.4, 0.5) is 4.79 Å². The van der Waals surface area contributed by atoms with E-state index in [4.69, 9.17) is 14.0 Å². The van der Waals surface area contributed by atoms with E-state index in [0.717, 1.165) is 5.56 Å². The molecule has 0 spiro atoms. The van der Waals surface area contributed by atoms with Crippen molar-refractivity contribution in [2.75, 3.05) is 6.54 Å². The van der Waals surface area contributed by atoms with Gasteiger partial charge in [0.05, 0.1) is 22.8 Å². The maximum atomic E-state index is 12.1. The number of rotatable bonds is 4. The summed E-state index contributed by atoms with van der Waals surface area (Å²) in [6, 6.07) is 9.44. The summed E-state index contributed by atoms with van der Waals surface area (Å²) in [7, 11) is -0.647. The number of carbonyl (C=O) groups is 1. The minimum Gasteiger partial charge on any atom is -0.444 e. The molecule has 28 heavy (non-hydrogen) atoms. The zero-order valence-corrected chi connectivity index (χ0v) is 17.8. The lowest BCUT2D eigenvalue weighted by Gasteiger charge is -2.32. The topological polar surface area (TPSA) is 80.6 Å². The Morgan fingerprint density at radius 3 is 2.32 bits per heavy atom. The van der Waals surface area contributed by atoms with Crippen molar-refractivity contribution >= 4 is 19.3 Å². The molecule has 1 amide bonds. The molecule has 0 radical (unpaired) electrons. The van der Waals surface area contributed by atoms with Gasteiger partial charge >= 0.3 is 13.2 Å². The van der Waals surface area contributed by atoms with Crippen molar-refractivity contribution in [2.24, 2.45) is 0 Å². The molecular weight excluding hydrogens is 355 g/mol. The summed E-state index contributed by atoms with van der Waals surface area (Å²) in [5.74, 6) is 0. The first-order chi connectivity index (χ1) is 12.8. The molecule has 7 heteroatoms. The Morgan fingerprint density at radius 1 is 1.21 bits per heavy atom. The van der Waals surface area contributed by atoms with Crippen LogP contribution in [-0.4, -0.2) is 36.6 Å². The molecule has 1 fully saturated rings. The molecule has 0 aromatic heterocycles. The summed E-state index contributed by atoms with van der Waals surface area (Å²) in [6.45, 7) is 13.5. The normalized spacial score (nSPS) is 18.5. The van der Waals surface area contributed by atoms with Crippen LogP contribution in [0.1, 0.15) is 59.6 Å². The maximum Gasteiger partial charge on any atom is 0.492 e. The summed E-state index contributed by atoms with van der Waals surface area (Å²) >= 11 is 0. The Hall–Kier alpha value is -2.30. The van der Waals surface area contributed by atoms with Crippen LogP contribution in [0, 0.1) is 11.3 Å². The van der Waals surface area contributed by atoms with Crippen molar-refractivity contribution in [3.63, 3.8) is 0 Å². The van der Waals surface area contributed by atoms with Gasteiger partial charge < -0.3 is 19.4 Å². The van der Waals surface area contributed by atoms with Crippen molar-refractivity contribution in [1.82, 2.24) is 5.32 Å². The van der Waals surface area contributed by atoms with Crippen LogP contribution in [0.15, 0.2) is 29.7 Å². The molecule has 1 saturated heterocycles. The van der Waals surface area contributed by atoms with E-state index >= 15 is 0 Å². The number of nitriles is 1. The average Bonchev–Trinajstić information content (AvgIpc) is 2.78. The molecule has 1 aromatic carbocycles. The molecular formula is C21H29BN2O4. The first-order valence-electron chi connectivity index (χ1n) is 9.37. The summed E-state index contributed by atoms with van der Waals surface area (Å²) in [5.41, 5.74) is 0.349. The summed E-state index contributed by atoms with van der Waals surface area (Å²) in [4.78, 5) is 12.1. The molecule has 1 aliphatic heterocycles. The first kappa shape index (κ1) is 22.0. The van der Waals surface area contributed by atoms with Gasteiger partial charge in [0.2, 0.25) is 0 Å². The summed E-state index contributed by atoms with van der Waals surface area (Å²) in [6.07, 6.45) is 1.31. The van der Waals surface area contributed by atoms with Crippen LogP contribution in [0.5, 0.6) is 0 Å². The molecule has 0 bridgehead atoms. The van der Waals surface area contributed by atoms with Gasteiger partial charge in [-0.25, -0.2) is 4.79 Å². The van der Waals surface area contributed by atoms with E-state index in [1.165, 1.54) is 0 Å². The predicted octanol–water partition coefficient (Wildman–Crippen LogP) is 4.10. The van der Waals surface area contributed by atoms with Gasteiger partial charge in [0, 0.05) is 6.54 Å². The van der Waals surface area contributed by atoms with Crippen LogP contribution in [-0.2, 0) is 14.0 Å². The van der Waals surface area contributed by atoms with Gasteiger partial charge in [0.1, 0.15) is 5.60 Å². The quantitative estimate of drug-likeness (QED) is 0.791. The minimum absolute atomic E-state index is 0.172. The van der Waals surface area contributed by atoms with E-state index in [2.05, 4.69) is 11.4 Å². The van der Waals surface area contributed by atoms with Crippen molar-refractivity contribution in [3.8, 4) is 6.07 Å². The van der Waals surface area contributed by atoms with Gasteiger partial charge in [-0.1, -0.05) is 24.3 Å². The molecule has 1 N–H and O–H groups in total. The van der Waals surface area contributed by atoms with Crippen LogP contribution >= 0.6 is 0 Å². The number of ether oxygens (including phenoxy) is 1. The van der Waals surface area contributed by atoms with Crippen molar-refractivity contribution in [1.29, 1.82) is 5.26 Å². The third-order valence-electron chi connectivity index (χ3n) is 4.81. The lowest BCUT2D eigenvalue weighted by atomic mass is 9.76. The SMILES string of the molecule is CC(C)(C)OC(=O)NCC(=Cc1ccccc1C#N)B1OC(C)(C)C(C)(C)O1. The predicted molar refractivity (Wildman–Crippen MR) is 109 cm³/mol. The van der Waals surface area contributed by atoms with Gasteiger partial charge in [-0.15, -0.1) is 0 Å². The Morgan fingerprint density at radius 2 is 1.79 bits per heavy atom. The van der Waals surface area contributed by atoms with Gasteiger partial charge in [0.25, 0.3) is 0 Å². The number of hydrogen-bond acceptors (Lipinski definition) is 5. The van der Waals surface area contributed by atoms with E-state index in [-0.39, 0.29) is 6.54 Å². The standard InChI is InChI=1S/C21H29BN2O4/c1-19(2,3)26-18(25)24-14-17(12-15-10-8-9-11-16(15)13-23)22-27-20(4,5)21(6,7)28-22/h8-12H,14H2,1-7H3,(H,24,25). The highest BCUT2D eigenvalue weighted by Crippen LogP contribution is 2.38. The van der Waals surface area contributed by atoms with Crippen molar-refractivity contribution in [3.05, 3.63) is 40.9 Å². The third-order valence-corrected chi connectivity index (χ3v) is 4.81. The lowest BCUT2D eigenvalue weighted by Crippen LogP contribution is -2.41. The molecule has 1 heterocycles. The van der Waals surface area contributed by atoms with Gasteiger partial charge in [-0.2, -0.15) is 5.26 Å². The molecule has 150 valence electrons. The molecule has 0 unspecified atom stereocenters. The second kappa shape index (κ2) is 7.98. The number of carbonyl (C=O) groups excluding carboxylic acids is 1. The Labute approximate surface area is 168 Å². The molecule has 2 rings (SSSR count). The second-order valence-corrected chi connectivity index (χ2v) is 8.86. The fourth-order valence-electron chi connectivity index (χ4n) is 2.61. The molecule has 0 saturated carbocycles. The largest absolute Gasteiger partial charge is 0.492 e. The monoisotopic (exact) mass is 384 g/mol. The number of benzene rings is 1. The van der Waals surface area contributed by atoms with E-state index < -0.39 is 30.0 Å². The Balaban J connectivity index is 2.30. The molecule has 1 aliphatic rings. The fourth-order valence-corrected chi connectivity index (χ4v) is 2.61. The number of hydrogen-bond donors (Lipinski definition) is 1. The van der Waals surface area contributed by atoms with Crippen LogP contribution in [0.2, 0.25) is 0 Å². The second-order valence-electron chi connectivity index (χ2n) is 8.86. The molecule has 6 nitrogen and oxygen atoms in total. The zero-order chi connectivity index (χ0) is 21.2. The first-order valence-corrected chi connectivity index (χ1v) is 9.37. The number of nitrogens with one attached hydrogen (secondary N) is 1. The van der Waals surface area contributed by atoms with Crippen LogP contribution in [0.25, 0.3) is 6.08 Å². The highest BCUT2D eigenvalue weighted by Gasteiger charge is 2.52. The highest BCUT2D eigenvalue weighted by molar-refractivity contribution is 6.56. The number of amides is 1. The van der Waals surface area contributed by atoms with Gasteiger partial charge in [0.15, 0.2) is 0 Å². The third kappa shape index (κ3) is 5.37. The molecule has 1 aromatic rings. The van der Waals surface area contributed by atoms with Crippen molar-refractivity contribution in [2.45, 2.75) is 65.3 Å². The Bertz CT molecular complexity index is 787. The average molecular weight is 384 g/mol. The molecule has 0 aliphatic carbocycles.